The van der Waals surface area contributed by atoms with E-state index in [2.05, 4.69) is 11.4 Å². The number of hydrogen-bond donors (Lipinski definition) is 1. The lowest BCUT2D eigenvalue weighted by molar-refractivity contribution is -0.385. The van der Waals surface area contributed by atoms with Crippen LogP contribution in [-0.2, 0) is 12.8 Å². The van der Waals surface area contributed by atoms with Gasteiger partial charge in [0.2, 0.25) is 0 Å². The molecule has 0 saturated carbocycles. The quantitative estimate of drug-likeness (QED) is 0.669. The Kier molecular flexibility index (Phi) is 4.70. The summed E-state index contributed by atoms with van der Waals surface area (Å²) in [5.41, 5.74) is 3.12. The van der Waals surface area contributed by atoms with Gasteiger partial charge in [0.05, 0.1) is 11.5 Å². The average molecular weight is 340 g/mol. The van der Waals surface area contributed by atoms with Crippen molar-refractivity contribution >= 4 is 11.6 Å². The molecule has 2 aromatic carbocycles. The number of hydrogen-bond acceptors (Lipinski definition) is 4. The lowest BCUT2D eigenvalue weighted by Gasteiger charge is -2.15. The van der Waals surface area contributed by atoms with Gasteiger partial charge in [-0.3, -0.25) is 14.9 Å². The van der Waals surface area contributed by atoms with Gasteiger partial charge in [0.1, 0.15) is 5.75 Å². The molecule has 1 aliphatic rings. The van der Waals surface area contributed by atoms with Crippen LogP contribution in [0.4, 0.5) is 5.69 Å². The Hall–Kier alpha value is -2.89. The Labute approximate surface area is 146 Å². The SMILES string of the molecule is Cc1ccc(C(=O)NC(C)Cc2ccc3c(c2)CCO3)cc1[N+](=O)[O-]. The zero-order valence-electron chi connectivity index (χ0n) is 14.2. The minimum atomic E-state index is -0.470. The minimum absolute atomic E-state index is 0.0427. The van der Waals surface area contributed by atoms with Gasteiger partial charge in [-0.25, -0.2) is 0 Å². The van der Waals surface area contributed by atoms with E-state index in [0.717, 1.165) is 24.3 Å². The highest BCUT2D eigenvalue weighted by Crippen LogP contribution is 2.26. The molecule has 6 nitrogen and oxygen atoms in total. The lowest BCUT2D eigenvalue weighted by atomic mass is 10.0. The van der Waals surface area contributed by atoms with Gasteiger partial charge < -0.3 is 10.1 Å². The summed E-state index contributed by atoms with van der Waals surface area (Å²) in [6, 6.07) is 10.5. The van der Waals surface area contributed by atoms with Gasteiger partial charge in [0.15, 0.2) is 0 Å². The number of nitro benzene ring substituents is 1. The van der Waals surface area contributed by atoms with Gasteiger partial charge in [-0.1, -0.05) is 18.2 Å². The highest BCUT2D eigenvalue weighted by Gasteiger charge is 2.17. The maximum atomic E-state index is 12.4. The minimum Gasteiger partial charge on any atom is -0.493 e. The van der Waals surface area contributed by atoms with Crippen molar-refractivity contribution in [1.82, 2.24) is 5.32 Å². The first-order valence-electron chi connectivity index (χ1n) is 8.24. The third-order valence-corrected chi connectivity index (χ3v) is 4.34. The van der Waals surface area contributed by atoms with E-state index in [0.29, 0.717) is 17.5 Å². The molecular formula is C19H20N2O4. The summed E-state index contributed by atoms with van der Waals surface area (Å²) in [6.45, 7) is 4.29. The maximum Gasteiger partial charge on any atom is 0.273 e. The van der Waals surface area contributed by atoms with Crippen LogP contribution >= 0.6 is 0 Å². The molecule has 25 heavy (non-hydrogen) atoms. The van der Waals surface area contributed by atoms with E-state index in [-0.39, 0.29) is 17.6 Å². The van der Waals surface area contributed by atoms with Crippen LogP contribution in [0.5, 0.6) is 5.75 Å². The molecule has 1 aliphatic heterocycles. The largest absolute Gasteiger partial charge is 0.493 e. The van der Waals surface area contributed by atoms with Crippen molar-refractivity contribution in [1.29, 1.82) is 0 Å². The first-order valence-corrected chi connectivity index (χ1v) is 8.24. The number of ether oxygens (including phenoxy) is 1. The Morgan fingerprint density at radius 3 is 2.88 bits per heavy atom. The summed E-state index contributed by atoms with van der Waals surface area (Å²) in [7, 11) is 0. The molecule has 1 heterocycles. The van der Waals surface area contributed by atoms with Crippen LogP contribution in [0.25, 0.3) is 0 Å². The van der Waals surface area contributed by atoms with E-state index in [1.54, 1.807) is 19.1 Å². The number of carbonyl (C=O) groups is 1. The van der Waals surface area contributed by atoms with Gasteiger partial charge in [-0.2, -0.15) is 0 Å². The number of aryl methyl sites for hydroxylation is 1. The molecule has 0 saturated heterocycles. The highest BCUT2D eigenvalue weighted by atomic mass is 16.6. The van der Waals surface area contributed by atoms with Crippen LogP contribution in [0.2, 0.25) is 0 Å². The van der Waals surface area contributed by atoms with Crippen LogP contribution in [0.3, 0.4) is 0 Å². The predicted octanol–water partition coefficient (Wildman–Crippen LogP) is 3.20. The van der Waals surface area contributed by atoms with Crippen LogP contribution in [0.15, 0.2) is 36.4 Å². The number of nitrogens with one attached hydrogen (secondary N) is 1. The molecule has 1 atom stereocenters. The van der Waals surface area contributed by atoms with Crippen molar-refractivity contribution < 1.29 is 14.5 Å². The van der Waals surface area contributed by atoms with Crippen LogP contribution < -0.4 is 10.1 Å². The van der Waals surface area contributed by atoms with Crippen molar-refractivity contribution in [2.75, 3.05) is 6.61 Å². The number of nitrogens with zero attached hydrogens (tertiary/aromatic N) is 1. The van der Waals surface area contributed by atoms with E-state index in [1.165, 1.54) is 11.6 Å². The van der Waals surface area contributed by atoms with Gasteiger partial charge in [-0.15, -0.1) is 0 Å². The predicted molar refractivity (Wildman–Crippen MR) is 94.1 cm³/mol. The second-order valence-electron chi connectivity index (χ2n) is 6.38. The molecule has 1 unspecified atom stereocenters. The van der Waals surface area contributed by atoms with Crippen molar-refractivity contribution in [2.24, 2.45) is 0 Å². The summed E-state index contributed by atoms with van der Waals surface area (Å²) in [5.74, 6) is 0.632. The van der Waals surface area contributed by atoms with Gasteiger partial charge in [0.25, 0.3) is 11.6 Å². The van der Waals surface area contributed by atoms with Gasteiger partial charge in [0, 0.05) is 29.7 Å². The van der Waals surface area contributed by atoms with E-state index in [4.69, 9.17) is 4.74 Å². The van der Waals surface area contributed by atoms with Crippen molar-refractivity contribution in [3.8, 4) is 5.75 Å². The maximum absolute atomic E-state index is 12.4. The molecule has 0 radical (unpaired) electrons. The zero-order valence-corrected chi connectivity index (χ0v) is 14.2. The van der Waals surface area contributed by atoms with E-state index in [1.807, 2.05) is 19.1 Å². The summed E-state index contributed by atoms with van der Waals surface area (Å²) in [5, 5.41) is 13.9. The highest BCUT2D eigenvalue weighted by molar-refractivity contribution is 5.95. The fourth-order valence-corrected chi connectivity index (χ4v) is 3.03. The monoisotopic (exact) mass is 340 g/mol. The summed E-state index contributed by atoms with van der Waals surface area (Å²) < 4.78 is 5.50. The Balaban J connectivity index is 1.66. The standard InChI is InChI=1S/C19H20N2O4/c1-12-3-5-16(11-17(12)21(23)24)19(22)20-13(2)9-14-4-6-18-15(10-14)7-8-25-18/h3-6,10-11,13H,7-9H2,1-2H3,(H,20,22). The molecule has 130 valence electrons. The number of nitro groups is 1. The second kappa shape index (κ2) is 6.93. The van der Waals surface area contributed by atoms with Crippen molar-refractivity contribution in [2.45, 2.75) is 32.7 Å². The molecule has 1 N–H and O–H groups in total. The number of benzene rings is 2. The molecule has 0 spiro atoms. The molecular weight excluding hydrogens is 320 g/mol. The molecule has 2 aromatic rings. The summed E-state index contributed by atoms with van der Waals surface area (Å²) in [6.07, 6.45) is 1.60. The van der Waals surface area contributed by atoms with Crippen LogP contribution in [0, 0.1) is 17.0 Å². The topological polar surface area (TPSA) is 81.5 Å². The average Bonchev–Trinajstić information content (AvgIpc) is 3.02. The van der Waals surface area contributed by atoms with Crippen molar-refractivity contribution in [3.05, 3.63) is 68.8 Å². The molecule has 1 amide bonds. The van der Waals surface area contributed by atoms with E-state index < -0.39 is 4.92 Å². The Bertz CT molecular complexity index is 832. The van der Waals surface area contributed by atoms with Gasteiger partial charge in [-0.05, 0) is 43.5 Å². The zero-order chi connectivity index (χ0) is 18.0. The molecule has 0 aliphatic carbocycles. The summed E-state index contributed by atoms with van der Waals surface area (Å²) >= 11 is 0. The van der Waals surface area contributed by atoms with Crippen molar-refractivity contribution in [3.63, 3.8) is 0 Å². The van der Waals surface area contributed by atoms with E-state index in [9.17, 15) is 14.9 Å². The molecule has 6 heteroatoms. The third kappa shape index (κ3) is 3.79. The molecule has 3 rings (SSSR count). The Morgan fingerprint density at radius 1 is 1.32 bits per heavy atom. The van der Waals surface area contributed by atoms with E-state index >= 15 is 0 Å². The third-order valence-electron chi connectivity index (χ3n) is 4.34. The molecule has 0 fully saturated rings. The summed E-state index contributed by atoms with van der Waals surface area (Å²) in [4.78, 5) is 22.9. The van der Waals surface area contributed by atoms with Gasteiger partial charge >= 0.3 is 0 Å². The normalized spacial score (nSPS) is 13.7. The smallest absolute Gasteiger partial charge is 0.273 e. The second-order valence-corrected chi connectivity index (χ2v) is 6.38. The first kappa shape index (κ1) is 17.0. The first-order chi connectivity index (χ1) is 11.9. The molecule has 0 bridgehead atoms. The number of rotatable bonds is 5. The fraction of sp³-hybridized carbons (Fsp3) is 0.316. The lowest BCUT2D eigenvalue weighted by Crippen LogP contribution is -2.34. The number of carbonyl (C=O) groups excluding carboxylic acids is 1. The number of fused-ring (bicyclic) bond motifs is 1. The molecule has 0 aromatic heterocycles. The Morgan fingerprint density at radius 2 is 2.12 bits per heavy atom. The van der Waals surface area contributed by atoms with Crippen LogP contribution in [-0.4, -0.2) is 23.5 Å². The number of amides is 1. The fourth-order valence-electron chi connectivity index (χ4n) is 3.03. The van der Waals surface area contributed by atoms with Crippen LogP contribution in [0.1, 0.15) is 34.0 Å².